The topological polar surface area (TPSA) is 30.2 Å². The predicted octanol–water partition coefficient (Wildman–Crippen LogP) is 3.96. The maximum absolute atomic E-state index is 13.0. The van der Waals surface area contributed by atoms with Gasteiger partial charge in [0.15, 0.2) is 5.78 Å². The Labute approximate surface area is 101 Å². The summed E-state index contributed by atoms with van der Waals surface area (Å²) in [5.41, 5.74) is 0.221. The minimum Gasteiger partial charge on any atom is -0.452 e. The van der Waals surface area contributed by atoms with Gasteiger partial charge in [-0.05, 0) is 35.9 Å². The van der Waals surface area contributed by atoms with E-state index in [0.29, 0.717) is 0 Å². The lowest BCUT2D eigenvalue weighted by Crippen LogP contribution is -2.02. The summed E-state index contributed by atoms with van der Waals surface area (Å²) in [5, 5.41) is 0.133. The zero-order valence-electron chi connectivity index (χ0n) is 7.84. The molecule has 2 nitrogen and oxygen atoms in total. The van der Waals surface area contributed by atoms with Crippen LogP contribution in [0.1, 0.15) is 15.9 Å². The minimum absolute atomic E-state index is 0.0367. The number of furan rings is 1. The number of carbonyl (C=O) groups excluding carboxylic acids is 1. The highest BCUT2D eigenvalue weighted by molar-refractivity contribution is 6.37. The van der Waals surface area contributed by atoms with Crippen molar-refractivity contribution in [3.63, 3.8) is 0 Å². The van der Waals surface area contributed by atoms with Crippen LogP contribution in [0.3, 0.4) is 0 Å². The molecule has 82 valence electrons. The van der Waals surface area contributed by atoms with E-state index in [1.54, 1.807) is 0 Å². The van der Waals surface area contributed by atoms with Crippen molar-refractivity contribution in [1.29, 1.82) is 0 Å². The molecule has 0 fully saturated rings. The average Bonchev–Trinajstić information content (AvgIpc) is 2.67. The van der Waals surface area contributed by atoms with E-state index in [-0.39, 0.29) is 21.4 Å². The standard InChI is InChI=1S/C11H5Cl2FO2/c12-9-2-1-6(14)5-8(9)10(15)7-3-4-16-11(7)13/h1-5H. The van der Waals surface area contributed by atoms with Gasteiger partial charge >= 0.3 is 0 Å². The van der Waals surface area contributed by atoms with Crippen LogP contribution in [0, 0.1) is 5.82 Å². The molecule has 1 aromatic carbocycles. The Balaban J connectivity index is 2.49. The van der Waals surface area contributed by atoms with Crippen LogP contribution in [-0.4, -0.2) is 5.78 Å². The number of hydrogen-bond acceptors (Lipinski definition) is 2. The Morgan fingerprint density at radius 3 is 2.56 bits per heavy atom. The maximum Gasteiger partial charge on any atom is 0.204 e. The van der Waals surface area contributed by atoms with Gasteiger partial charge in [-0.2, -0.15) is 0 Å². The molecule has 1 aromatic heterocycles. The summed E-state index contributed by atoms with van der Waals surface area (Å²) in [6, 6.07) is 4.97. The Hall–Kier alpha value is -1.32. The second-order valence-corrected chi connectivity index (χ2v) is 3.81. The van der Waals surface area contributed by atoms with Crippen molar-refractivity contribution in [3.05, 3.63) is 57.7 Å². The molecule has 0 spiro atoms. The van der Waals surface area contributed by atoms with Crippen LogP contribution in [0.2, 0.25) is 10.2 Å². The van der Waals surface area contributed by atoms with Crippen LogP contribution in [0.4, 0.5) is 4.39 Å². The number of rotatable bonds is 2. The smallest absolute Gasteiger partial charge is 0.204 e. The molecule has 0 atom stereocenters. The van der Waals surface area contributed by atoms with Gasteiger partial charge in [0.25, 0.3) is 0 Å². The summed E-state index contributed by atoms with van der Waals surface area (Å²) < 4.78 is 17.8. The van der Waals surface area contributed by atoms with E-state index in [1.165, 1.54) is 24.5 Å². The van der Waals surface area contributed by atoms with Crippen molar-refractivity contribution in [2.24, 2.45) is 0 Å². The summed E-state index contributed by atoms with van der Waals surface area (Å²) in [5.74, 6) is -1.00. The number of carbonyl (C=O) groups is 1. The molecular formula is C11H5Cl2FO2. The molecule has 0 aliphatic heterocycles. The molecule has 5 heteroatoms. The van der Waals surface area contributed by atoms with E-state index in [4.69, 9.17) is 27.6 Å². The van der Waals surface area contributed by atoms with Gasteiger partial charge in [0.1, 0.15) is 5.82 Å². The van der Waals surface area contributed by atoms with Crippen molar-refractivity contribution in [3.8, 4) is 0 Å². The first-order valence-corrected chi connectivity index (χ1v) is 5.08. The van der Waals surface area contributed by atoms with E-state index in [0.717, 1.165) is 6.07 Å². The lowest BCUT2D eigenvalue weighted by molar-refractivity contribution is 0.103. The van der Waals surface area contributed by atoms with Crippen LogP contribution in [0.5, 0.6) is 0 Å². The predicted molar refractivity (Wildman–Crippen MR) is 58.6 cm³/mol. The van der Waals surface area contributed by atoms with Gasteiger partial charge < -0.3 is 4.42 Å². The number of halogens is 3. The number of hydrogen-bond donors (Lipinski definition) is 0. The fraction of sp³-hybridized carbons (Fsp3) is 0. The Morgan fingerprint density at radius 1 is 1.19 bits per heavy atom. The third kappa shape index (κ3) is 1.96. The first-order valence-electron chi connectivity index (χ1n) is 4.32. The monoisotopic (exact) mass is 258 g/mol. The average molecular weight is 259 g/mol. The molecule has 0 N–H and O–H groups in total. The first kappa shape index (κ1) is 11.2. The molecule has 0 unspecified atom stereocenters. The second kappa shape index (κ2) is 4.28. The zero-order chi connectivity index (χ0) is 11.7. The lowest BCUT2D eigenvalue weighted by Gasteiger charge is -2.01. The van der Waals surface area contributed by atoms with E-state index < -0.39 is 11.6 Å². The molecule has 0 saturated carbocycles. The van der Waals surface area contributed by atoms with Gasteiger partial charge in [-0.15, -0.1) is 0 Å². The van der Waals surface area contributed by atoms with E-state index in [1.807, 2.05) is 0 Å². The minimum atomic E-state index is -0.535. The summed E-state index contributed by atoms with van der Waals surface area (Å²) in [6.45, 7) is 0. The molecule has 0 saturated heterocycles. The van der Waals surface area contributed by atoms with Crippen molar-refractivity contribution >= 4 is 29.0 Å². The van der Waals surface area contributed by atoms with E-state index in [9.17, 15) is 9.18 Å². The Morgan fingerprint density at radius 2 is 1.94 bits per heavy atom. The van der Waals surface area contributed by atoms with Gasteiger partial charge in [0.05, 0.1) is 16.8 Å². The van der Waals surface area contributed by atoms with Crippen molar-refractivity contribution in [2.45, 2.75) is 0 Å². The maximum atomic E-state index is 13.0. The molecule has 16 heavy (non-hydrogen) atoms. The van der Waals surface area contributed by atoms with Crippen LogP contribution >= 0.6 is 23.2 Å². The lowest BCUT2D eigenvalue weighted by atomic mass is 10.1. The van der Waals surface area contributed by atoms with Crippen LogP contribution in [-0.2, 0) is 0 Å². The SMILES string of the molecule is O=C(c1cc(F)ccc1Cl)c1ccoc1Cl. The summed E-state index contributed by atoms with van der Waals surface area (Å²) in [6.07, 6.45) is 1.28. The number of ketones is 1. The summed E-state index contributed by atoms with van der Waals surface area (Å²) in [7, 11) is 0. The van der Waals surface area contributed by atoms with Crippen molar-refractivity contribution in [2.75, 3.05) is 0 Å². The Bertz CT molecular complexity index is 549. The zero-order valence-corrected chi connectivity index (χ0v) is 9.35. The van der Waals surface area contributed by atoms with Crippen LogP contribution in [0.25, 0.3) is 0 Å². The van der Waals surface area contributed by atoms with Crippen molar-refractivity contribution < 1.29 is 13.6 Å². The molecule has 0 aliphatic carbocycles. The summed E-state index contributed by atoms with van der Waals surface area (Å²) in [4.78, 5) is 11.9. The normalized spacial score (nSPS) is 10.4. The van der Waals surface area contributed by atoms with E-state index in [2.05, 4.69) is 0 Å². The Kier molecular flexibility index (Phi) is 2.99. The highest BCUT2D eigenvalue weighted by Gasteiger charge is 2.18. The van der Waals surface area contributed by atoms with Gasteiger partial charge in [0.2, 0.25) is 5.22 Å². The van der Waals surface area contributed by atoms with Gasteiger partial charge in [-0.3, -0.25) is 4.79 Å². The van der Waals surface area contributed by atoms with E-state index >= 15 is 0 Å². The molecule has 1 heterocycles. The molecule has 0 amide bonds. The highest BCUT2D eigenvalue weighted by atomic mass is 35.5. The molecular weight excluding hydrogens is 254 g/mol. The van der Waals surface area contributed by atoms with Gasteiger partial charge in [-0.1, -0.05) is 11.6 Å². The quantitative estimate of drug-likeness (QED) is 0.764. The third-order valence-electron chi connectivity index (χ3n) is 2.04. The van der Waals surface area contributed by atoms with Crippen LogP contribution < -0.4 is 0 Å². The molecule has 0 aliphatic rings. The fourth-order valence-corrected chi connectivity index (χ4v) is 1.68. The van der Waals surface area contributed by atoms with Gasteiger partial charge in [0, 0.05) is 5.56 Å². The third-order valence-corrected chi connectivity index (χ3v) is 2.66. The molecule has 2 aromatic rings. The van der Waals surface area contributed by atoms with Crippen LogP contribution in [0.15, 0.2) is 34.9 Å². The fourth-order valence-electron chi connectivity index (χ4n) is 1.27. The van der Waals surface area contributed by atoms with Crippen molar-refractivity contribution in [1.82, 2.24) is 0 Å². The second-order valence-electron chi connectivity index (χ2n) is 3.06. The van der Waals surface area contributed by atoms with Gasteiger partial charge in [-0.25, -0.2) is 4.39 Å². The highest BCUT2D eigenvalue weighted by Crippen LogP contribution is 2.25. The molecule has 2 rings (SSSR count). The first-order chi connectivity index (χ1) is 7.59. The summed E-state index contributed by atoms with van der Waals surface area (Å²) >= 11 is 11.5. The number of benzene rings is 1. The molecule has 0 radical (unpaired) electrons. The molecule has 0 bridgehead atoms. The largest absolute Gasteiger partial charge is 0.452 e.